The quantitative estimate of drug-likeness (QED) is 0.313. The molecule has 43 heavy (non-hydrogen) atoms. The van der Waals surface area contributed by atoms with E-state index in [1.165, 1.54) is 16.7 Å². The summed E-state index contributed by atoms with van der Waals surface area (Å²) < 4.78 is 0. The van der Waals surface area contributed by atoms with E-state index in [4.69, 9.17) is 0 Å². The third-order valence-electron chi connectivity index (χ3n) is 14.1. The van der Waals surface area contributed by atoms with Crippen molar-refractivity contribution >= 4 is 0 Å². The van der Waals surface area contributed by atoms with Gasteiger partial charge in [0.25, 0.3) is 0 Å². The zero-order chi connectivity index (χ0) is 29.8. The Balaban J connectivity index is 0.000000396. The van der Waals surface area contributed by atoms with Gasteiger partial charge in [-0.15, -0.1) is 17.4 Å². The van der Waals surface area contributed by atoms with Crippen LogP contribution in [0.15, 0.2) is 89.6 Å². The molecule has 0 aliphatic heterocycles. The van der Waals surface area contributed by atoms with Gasteiger partial charge < -0.3 is 31.2 Å². The van der Waals surface area contributed by atoms with Gasteiger partial charge in [-0.1, -0.05) is 161 Å². The van der Waals surface area contributed by atoms with Crippen molar-refractivity contribution in [1.29, 1.82) is 0 Å². The average Bonchev–Trinajstić information content (AvgIpc) is 3.31. The number of rotatable bonds is 0. The van der Waals surface area contributed by atoms with Crippen molar-refractivity contribution in [2.45, 2.75) is 90.0 Å². The van der Waals surface area contributed by atoms with E-state index < -0.39 is 0 Å². The monoisotopic (exact) mass is 694 g/mol. The topological polar surface area (TPSA) is 0 Å². The van der Waals surface area contributed by atoms with Crippen LogP contribution in [0.25, 0.3) is 0 Å². The number of hydrogen-bond acceptors (Lipinski definition) is 0. The van der Waals surface area contributed by atoms with Crippen LogP contribution in [-0.2, 0) is 26.2 Å². The minimum Gasteiger partial charge on any atom is -1.00 e. The molecule has 0 aromatic heterocycles. The molecule has 0 spiro atoms. The smallest absolute Gasteiger partial charge is 1.00 e. The molecule has 0 bridgehead atoms. The number of hydrogen-bond donors (Lipinski definition) is 0. The fourth-order valence-corrected chi connectivity index (χ4v) is 10.9. The predicted molar refractivity (Wildman–Crippen MR) is 173 cm³/mol. The van der Waals surface area contributed by atoms with Gasteiger partial charge in [-0.25, -0.2) is 5.57 Å². The Hall–Kier alpha value is -0.617. The van der Waals surface area contributed by atoms with Gasteiger partial charge in [-0.05, 0) is 28.6 Å². The van der Waals surface area contributed by atoms with Gasteiger partial charge in [0.05, 0.1) is 0 Å². The second-order valence-electron chi connectivity index (χ2n) is 16.1. The molecule has 6 aliphatic carbocycles. The van der Waals surface area contributed by atoms with Gasteiger partial charge in [0, 0.05) is 10.8 Å². The van der Waals surface area contributed by atoms with Crippen LogP contribution in [0.5, 0.6) is 0 Å². The van der Waals surface area contributed by atoms with Crippen LogP contribution >= 0.6 is 0 Å². The number of allylic oxidation sites excluding steroid dienone is 16. The molecule has 9 unspecified atom stereocenters. The van der Waals surface area contributed by atoms with E-state index in [9.17, 15) is 0 Å². The molecule has 6 rings (SSSR count). The summed E-state index contributed by atoms with van der Waals surface area (Å²) in [5.74, 6) is 0.977. The second kappa shape index (κ2) is 11.6. The maximum atomic E-state index is 3.40. The molecule has 2 saturated carbocycles. The van der Waals surface area contributed by atoms with Crippen molar-refractivity contribution in [3.63, 3.8) is 0 Å². The van der Waals surface area contributed by atoms with E-state index in [2.05, 4.69) is 175 Å². The molecule has 0 nitrogen and oxygen atoms in total. The molecule has 3 heteroatoms. The van der Waals surface area contributed by atoms with Gasteiger partial charge in [-0.2, -0.15) is 11.6 Å². The molecule has 0 aromatic carbocycles. The first-order valence-electron chi connectivity index (χ1n) is 15.6. The third-order valence-corrected chi connectivity index (χ3v) is 14.1. The van der Waals surface area contributed by atoms with E-state index in [1.54, 1.807) is 0 Å². The predicted octanol–water partition coefficient (Wildman–Crippen LogP) is 5.01. The first-order chi connectivity index (χ1) is 18.3. The van der Waals surface area contributed by atoms with E-state index in [-0.39, 0.29) is 88.9 Å². The molecule has 0 aromatic rings. The fraction of sp³-hybridized carbons (Fsp3) is 0.575. The SMILES string of the molecule is CC1=CC=CC2[CH-]C3(C)C4(C)C=CC=CC4(C)C4(C)C=CC=CC4(C)C3(C)C12C.CC1=[C-]C(C)C=C1C(C)(C)C.[Cl-].[Cl-].[Zr+4]. The molecule has 0 saturated heterocycles. The Kier molecular flexibility index (Phi) is 10.4. The summed E-state index contributed by atoms with van der Waals surface area (Å²) in [5.41, 5.74) is 4.83. The molecule has 0 radical (unpaired) electrons. The van der Waals surface area contributed by atoms with Crippen molar-refractivity contribution < 1.29 is 51.0 Å². The van der Waals surface area contributed by atoms with Crippen molar-refractivity contribution in [2.75, 3.05) is 0 Å². The molecule has 0 amide bonds. The Morgan fingerprint density at radius 2 is 1.19 bits per heavy atom. The van der Waals surface area contributed by atoms with Crippen LogP contribution in [-0.4, -0.2) is 0 Å². The third kappa shape index (κ3) is 4.36. The normalized spacial score (nSPS) is 46.2. The summed E-state index contributed by atoms with van der Waals surface area (Å²) in [4.78, 5) is 0. The Bertz CT molecular complexity index is 1360. The zero-order valence-corrected chi connectivity index (χ0v) is 32.9. The van der Waals surface area contributed by atoms with E-state index in [0.29, 0.717) is 17.3 Å². The Labute approximate surface area is 296 Å². The van der Waals surface area contributed by atoms with Gasteiger partial charge in [0.15, 0.2) is 0 Å². The van der Waals surface area contributed by atoms with Crippen LogP contribution in [0.3, 0.4) is 0 Å². The molecule has 0 heterocycles. The summed E-state index contributed by atoms with van der Waals surface area (Å²) in [6.07, 6.45) is 35.0. The Morgan fingerprint density at radius 3 is 1.63 bits per heavy atom. The van der Waals surface area contributed by atoms with Crippen molar-refractivity contribution in [3.8, 4) is 0 Å². The summed E-state index contributed by atoms with van der Waals surface area (Å²) in [7, 11) is 0. The van der Waals surface area contributed by atoms with Crippen LogP contribution < -0.4 is 24.8 Å². The molecule has 9 atom stereocenters. The van der Waals surface area contributed by atoms with Crippen LogP contribution in [0.2, 0.25) is 0 Å². The first kappa shape index (κ1) is 38.6. The van der Waals surface area contributed by atoms with Gasteiger partial charge in [-0.3, -0.25) is 6.08 Å². The van der Waals surface area contributed by atoms with Gasteiger partial charge in [0.2, 0.25) is 0 Å². The van der Waals surface area contributed by atoms with Crippen molar-refractivity contribution in [3.05, 3.63) is 102 Å². The van der Waals surface area contributed by atoms with Crippen LogP contribution in [0, 0.1) is 67.7 Å². The second-order valence-corrected chi connectivity index (χ2v) is 16.1. The number of halogens is 2. The van der Waals surface area contributed by atoms with Crippen molar-refractivity contribution in [1.82, 2.24) is 0 Å². The van der Waals surface area contributed by atoms with Gasteiger partial charge >= 0.3 is 26.2 Å². The standard InChI is InChI=1S/C29H37.C11H17.2ClH.Zr/c1-21-14-13-15-22-20-27(6)25(4)18-10-9-16-23(25,2)24(3)17-11-12-19-26(24,5)29(27,8)28(21,22)7;1-8-6-9(2)10(7-8)11(3,4)5;;;/h9-20,22H,1-8H3;7-8H,1-5H3;2*1H;/q2*-1;;;+4/p-2. The molecule has 232 valence electrons. The van der Waals surface area contributed by atoms with E-state index in [0.717, 1.165) is 0 Å². The Morgan fingerprint density at radius 1 is 0.721 bits per heavy atom. The van der Waals surface area contributed by atoms with Gasteiger partial charge in [0.1, 0.15) is 0 Å². The maximum absolute atomic E-state index is 3.40. The molecular weight excluding hydrogens is 643 g/mol. The van der Waals surface area contributed by atoms with Crippen LogP contribution in [0.4, 0.5) is 0 Å². The summed E-state index contributed by atoms with van der Waals surface area (Å²) in [6, 6.07) is 0. The van der Waals surface area contributed by atoms with E-state index in [1.807, 2.05) is 0 Å². The fourth-order valence-electron chi connectivity index (χ4n) is 10.9. The maximum Gasteiger partial charge on any atom is 4.00 e. The van der Waals surface area contributed by atoms with E-state index >= 15 is 0 Å². The summed E-state index contributed by atoms with van der Waals surface area (Å²) in [5, 5.41) is 0. The number of fused-ring (bicyclic) bond motifs is 8. The summed E-state index contributed by atoms with van der Waals surface area (Å²) in [6.45, 7) is 31.4. The molecule has 6 aliphatic rings. The largest absolute Gasteiger partial charge is 4.00 e. The van der Waals surface area contributed by atoms with Crippen LogP contribution in [0.1, 0.15) is 90.0 Å². The first-order valence-corrected chi connectivity index (χ1v) is 15.6. The average molecular weight is 697 g/mol. The minimum atomic E-state index is 0. The molecular formula is C40H54Cl2Zr. The minimum absolute atomic E-state index is 0. The zero-order valence-electron chi connectivity index (χ0n) is 28.9. The molecule has 2 fully saturated rings. The van der Waals surface area contributed by atoms with Crippen molar-refractivity contribution in [2.24, 2.45) is 55.2 Å². The summed E-state index contributed by atoms with van der Waals surface area (Å²) >= 11 is 0. The molecule has 0 N–H and O–H groups in total.